The maximum atomic E-state index is 2.31. The summed E-state index contributed by atoms with van der Waals surface area (Å²) in [6.07, 6.45) is 1.20. The molecule has 0 saturated carbocycles. The second kappa shape index (κ2) is 5.39. The summed E-state index contributed by atoms with van der Waals surface area (Å²) in [5, 5.41) is 11.1. The molecule has 5 rings (SSSR count). The second-order valence-corrected chi connectivity index (χ2v) is 7.54. The van der Waals surface area contributed by atoms with Gasteiger partial charge in [-0.15, -0.1) is 11.8 Å². The van der Waals surface area contributed by atoms with Gasteiger partial charge in [-0.1, -0.05) is 67.6 Å². The molecule has 0 nitrogen and oxygen atoms in total. The normalized spacial score (nSPS) is 12.0. The Bertz CT molecular complexity index is 1180. The summed E-state index contributed by atoms with van der Waals surface area (Å²) in [5.41, 5.74) is 0. The quantitative estimate of drug-likeness (QED) is 0.191. The van der Waals surface area contributed by atoms with Gasteiger partial charge in [-0.2, -0.15) is 0 Å². The molecule has 24 heavy (non-hydrogen) atoms. The molecule has 0 amide bonds. The van der Waals surface area contributed by atoms with Gasteiger partial charge in [0.1, 0.15) is 0 Å². The van der Waals surface area contributed by atoms with Gasteiger partial charge in [-0.25, -0.2) is 0 Å². The van der Waals surface area contributed by atoms with Crippen molar-refractivity contribution in [2.75, 3.05) is 5.75 Å². The number of hydrogen-bond donors (Lipinski definition) is 0. The first-order valence-electron chi connectivity index (χ1n) is 8.59. The van der Waals surface area contributed by atoms with Crippen LogP contribution in [0.25, 0.3) is 43.1 Å². The molecule has 0 bridgehead atoms. The molecular formula is C23H18S. The number of hydrogen-bond acceptors (Lipinski definition) is 1. The van der Waals surface area contributed by atoms with Crippen LogP contribution in [0.1, 0.15) is 13.3 Å². The number of rotatable bonds is 3. The van der Waals surface area contributed by atoms with Gasteiger partial charge in [0, 0.05) is 10.3 Å². The van der Waals surface area contributed by atoms with Gasteiger partial charge in [0.15, 0.2) is 0 Å². The summed E-state index contributed by atoms with van der Waals surface area (Å²) in [5.74, 6) is 1.16. The van der Waals surface area contributed by atoms with E-state index in [1.54, 1.807) is 0 Å². The lowest BCUT2D eigenvalue weighted by Crippen LogP contribution is -1.89. The lowest BCUT2D eigenvalue weighted by molar-refractivity contribution is 1.11. The minimum absolute atomic E-state index is 1.16. The lowest BCUT2D eigenvalue weighted by Gasteiger charge is -2.16. The van der Waals surface area contributed by atoms with Gasteiger partial charge in [-0.3, -0.25) is 0 Å². The SMILES string of the molecule is CCCSc1ccc2cccc3c4cccc5cccc(c1c23)c54. The van der Waals surface area contributed by atoms with E-state index in [4.69, 9.17) is 0 Å². The smallest absolute Gasteiger partial charge is 0.0157 e. The zero-order chi connectivity index (χ0) is 16.1. The Kier molecular flexibility index (Phi) is 3.17. The molecule has 0 radical (unpaired) electrons. The van der Waals surface area contributed by atoms with Crippen LogP contribution in [-0.2, 0) is 0 Å². The van der Waals surface area contributed by atoms with Crippen LogP contribution in [-0.4, -0.2) is 5.75 Å². The van der Waals surface area contributed by atoms with Crippen molar-refractivity contribution in [2.24, 2.45) is 0 Å². The van der Waals surface area contributed by atoms with Crippen molar-refractivity contribution in [3.63, 3.8) is 0 Å². The molecule has 0 aromatic heterocycles. The molecule has 0 heterocycles. The summed E-state index contributed by atoms with van der Waals surface area (Å²) >= 11 is 1.99. The van der Waals surface area contributed by atoms with E-state index in [0.717, 1.165) is 5.75 Å². The lowest BCUT2D eigenvalue weighted by atomic mass is 9.90. The first kappa shape index (κ1) is 14.1. The third-order valence-electron chi connectivity index (χ3n) is 4.93. The van der Waals surface area contributed by atoms with Gasteiger partial charge >= 0.3 is 0 Å². The first-order valence-corrected chi connectivity index (χ1v) is 9.58. The zero-order valence-electron chi connectivity index (χ0n) is 13.7. The van der Waals surface area contributed by atoms with Gasteiger partial charge < -0.3 is 0 Å². The maximum Gasteiger partial charge on any atom is 0.0157 e. The molecule has 0 fully saturated rings. The standard InChI is InChI=1S/C23H18S/c1-2-14-24-20-13-12-16-8-4-10-18-17-9-3-6-15-7-5-11-19(21(15)17)23(20)22(16)18/h3-13H,2,14H2,1H3. The summed E-state index contributed by atoms with van der Waals surface area (Å²) in [6.45, 7) is 2.25. The van der Waals surface area contributed by atoms with E-state index in [9.17, 15) is 0 Å². The van der Waals surface area contributed by atoms with E-state index in [1.807, 2.05) is 11.8 Å². The van der Waals surface area contributed by atoms with Gasteiger partial charge in [0.05, 0.1) is 0 Å². The third-order valence-corrected chi connectivity index (χ3v) is 6.20. The second-order valence-electron chi connectivity index (χ2n) is 6.40. The van der Waals surface area contributed by atoms with Crippen LogP contribution >= 0.6 is 11.8 Å². The highest BCUT2D eigenvalue weighted by Gasteiger charge is 2.15. The summed E-state index contributed by atoms with van der Waals surface area (Å²) < 4.78 is 0. The molecule has 0 aliphatic heterocycles. The Hall–Kier alpha value is -2.25. The van der Waals surface area contributed by atoms with Crippen LogP contribution in [0.5, 0.6) is 0 Å². The predicted molar refractivity (Wildman–Crippen MR) is 109 cm³/mol. The minimum Gasteiger partial charge on any atom is -0.126 e. The van der Waals surface area contributed by atoms with Crippen LogP contribution in [0.15, 0.2) is 71.6 Å². The molecule has 0 aliphatic carbocycles. The van der Waals surface area contributed by atoms with Gasteiger partial charge in [0.2, 0.25) is 0 Å². The van der Waals surface area contributed by atoms with Crippen LogP contribution < -0.4 is 0 Å². The Morgan fingerprint density at radius 1 is 0.625 bits per heavy atom. The molecule has 0 spiro atoms. The minimum atomic E-state index is 1.16. The molecule has 0 saturated heterocycles. The maximum absolute atomic E-state index is 2.31. The van der Waals surface area contributed by atoms with Crippen LogP contribution in [0, 0.1) is 0 Å². The average Bonchev–Trinajstić information content (AvgIpc) is 2.64. The van der Waals surface area contributed by atoms with E-state index in [1.165, 1.54) is 54.4 Å². The number of fused-ring (bicyclic) bond motifs is 2. The van der Waals surface area contributed by atoms with Crippen LogP contribution in [0.3, 0.4) is 0 Å². The molecule has 0 unspecified atom stereocenters. The molecular weight excluding hydrogens is 308 g/mol. The molecule has 5 aromatic rings. The molecule has 1 heteroatoms. The zero-order valence-corrected chi connectivity index (χ0v) is 14.5. The first-order chi connectivity index (χ1) is 11.9. The Balaban J connectivity index is 2.10. The monoisotopic (exact) mass is 326 g/mol. The summed E-state index contributed by atoms with van der Waals surface area (Å²) in [4.78, 5) is 1.42. The van der Waals surface area contributed by atoms with E-state index in [-0.39, 0.29) is 0 Å². The highest BCUT2D eigenvalue weighted by Crippen LogP contribution is 2.43. The fourth-order valence-electron chi connectivity index (χ4n) is 3.96. The van der Waals surface area contributed by atoms with E-state index in [2.05, 4.69) is 73.7 Å². The van der Waals surface area contributed by atoms with Gasteiger partial charge in [-0.05, 0) is 55.9 Å². The number of thioether (sulfide) groups is 1. The highest BCUT2D eigenvalue weighted by molar-refractivity contribution is 7.99. The average molecular weight is 326 g/mol. The van der Waals surface area contributed by atoms with E-state index < -0.39 is 0 Å². The number of benzene rings is 5. The Morgan fingerprint density at radius 3 is 1.96 bits per heavy atom. The fraction of sp³-hybridized carbons (Fsp3) is 0.130. The summed E-state index contributed by atoms with van der Waals surface area (Å²) in [6, 6.07) is 24.7. The molecule has 0 atom stereocenters. The van der Waals surface area contributed by atoms with Crippen molar-refractivity contribution in [3.05, 3.63) is 66.7 Å². The van der Waals surface area contributed by atoms with Crippen molar-refractivity contribution < 1.29 is 0 Å². The molecule has 0 aliphatic rings. The van der Waals surface area contributed by atoms with Crippen molar-refractivity contribution in [3.8, 4) is 0 Å². The molecule has 0 N–H and O–H groups in total. The van der Waals surface area contributed by atoms with Crippen molar-refractivity contribution in [1.82, 2.24) is 0 Å². The van der Waals surface area contributed by atoms with Crippen LogP contribution in [0.4, 0.5) is 0 Å². The van der Waals surface area contributed by atoms with E-state index >= 15 is 0 Å². The van der Waals surface area contributed by atoms with Crippen LogP contribution in [0.2, 0.25) is 0 Å². The van der Waals surface area contributed by atoms with Crippen molar-refractivity contribution in [1.29, 1.82) is 0 Å². The van der Waals surface area contributed by atoms with Gasteiger partial charge in [0.25, 0.3) is 0 Å². The summed E-state index contributed by atoms with van der Waals surface area (Å²) in [7, 11) is 0. The fourth-order valence-corrected chi connectivity index (χ4v) is 4.90. The molecule has 116 valence electrons. The third kappa shape index (κ3) is 1.88. The Labute approximate surface area is 145 Å². The topological polar surface area (TPSA) is 0 Å². The van der Waals surface area contributed by atoms with E-state index in [0.29, 0.717) is 0 Å². The largest absolute Gasteiger partial charge is 0.126 e. The predicted octanol–water partition coefficient (Wildman–Crippen LogP) is 7.24. The Morgan fingerprint density at radius 2 is 1.25 bits per heavy atom. The molecule has 5 aromatic carbocycles. The van der Waals surface area contributed by atoms with Crippen molar-refractivity contribution >= 4 is 54.9 Å². The highest BCUT2D eigenvalue weighted by atomic mass is 32.2. The van der Waals surface area contributed by atoms with Crippen molar-refractivity contribution in [2.45, 2.75) is 18.2 Å².